The summed E-state index contributed by atoms with van der Waals surface area (Å²) in [4.78, 5) is 10.2. The maximum atomic E-state index is 10.6. The zero-order chi connectivity index (χ0) is 16.4. The Balaban J connectivity index is 1.68. The first kappa shape index (κ1) is 14.9. The van der Waals surface area contributed by atoms with Crippen molar-refractivity contribution in [2.24, 2.45) is 0 Å². The van der Waals surface area contributed by atoms with Crippen molar-refractivity contribution >= 4 is 28.4 Å². The van der Waals surface area contributed by atoms with Crippen molar-refractivity contribution in [2.75, 3.05) is 21.9 Å². The molecule has 0 amide bonds. The Morgan fingerprint density at radius 1 is 1.13 bits per heavy atom. The highest BCUT2D eigenvalue weighted by molar-refractivity contribution is 5.74. The number of ether oxygens (including phenoxy) is 1. The van der Waals surface area contributed by atoms with Gasteiger partial charge in [0, 0.05) is 17.8 Å². The van der Waals surface area contributed by atoms with Gasteiger partial charge in [-0.1, -0.05) is 0 Å². The second kappa shape index (κ2) is 6.01. The van der Waals surface area contributed by atoms with Crippen LogP contribution in [0, 0.1) is 10.1 Å². The predicted octanol–water partition coefficient (Wildman–Crippen LogP) is 2.77. The maximum Gasteiger partial charge on any atom is 0.269 e. The van der Waals surface area contributed by atoms with Crippen molar-refractivity contribution in [1.29, 1.82) is 0 Å². The third-order valence-corrected chi connectivity index (χ3v) is 3.47. The Hall–Kier alpha value is -3.00. The van der Waals surface area contributed by atoms with Gasteiger partial charge in [-0.2, -0.15) is 0 Å². The largest absolute Gasteiger partial charge is 0.399 e. The van der Waals surface area contributed by atoms with Gasteiger partial charge in [0.15, 0.2) is 6.23 Å². The fourth-order valence-electron chi connectivity index (χ4n) is 2.09. The van der Waals surface area contributed by atoms with E-state index in [2.05, 4.69) is 16.2 Å². The average Bonchev–Trinajstić information content (AvgIpc) is 3.22. The second-order valence-electron chi connectivity index (χ2n) is 5.27. The van der Waals surface area contributed by atoms with E-state index in [-0.39, 0.29) is 18.0 Å². The summed E-state index contributed by atoms with van der Waals surface area (Å²) in [6.07, 6.45) is 0.156. The number of nitro benzene ring substituents is 1. The van der Waals surface area contributed by atoms with Gasteiger partial charge < -0.3 is 21.2 Å². The lowest BCUT2D eigenvalue weighted by atomic mass is 10.2. The van der Waals surface area contributed by atoms with Crippen LogP contribution in [-0.2, 0) is 4.74 Å². The quantitative estimate of drug-likeness (QED) is 0.280. The number of hydrogen-bond donors (Lipinski definition) is 4. The number of nitrogen functional groups attached to an aromatic ring is 1. The summed E-state index contributed by atoms with van der Waals surface area (Å²) < 4.78 is 5.35. The number of benzene rings is 2. The van der Waals surface area contributed by atoms with E-state index < -0.39 is 4.92 Å². The minimum atomic E-state index is -0.435. The van der Waals surface area contributed by atoms with Crippen LogP contribution in [0.1, 0.15) is 6.92 Å². The summed E-state index contributed by atoms with van der Waals surface area (Å²) in [5.41, 5.74) is 14.9. The lowest BCUT2D eigenvalue weighted by molar-refractivity contribution is -0.384. The van der Waals surface area contributed by atoms with E-state index in [1.165, 1.54) is 12.1 Å². The molecule has 0 spiro atoms. The van der Waals surface area contributed by atoms with Crippen LogP contribution in [0.2, 0.25) is 0 Å². The van der Waals surface area contributed by atoms with E-state index in [4.69, 9.17) is 10.5 Å². The molecule has 1 saturated heterocycles. The number of rotatable bonds is 6. The normalized spacial score (nSPS) is 19.0. The van der Waals surface area contributed by atoms with Crippen LogP contribution in [-0.4, -0.2) is 17.3 Å². The zero-order valence-corrected chi connectivity index (χ0v) is 12.4. The Morgan fingerprint density at radius 2 is 1.83 bits per heavy atom. The first-order chi connectivity index (χ1) is 11.0. The number of epoxide rings is 1. The van der Waals surface area contributed by atoms with Crippen LogP contribution < -0.4 is 21.9 Å². The summed E-state index contributed by atoms with van der Waals surface area (Å²) in [5, 5.41) is 13.9. The number of nitrogens with one attached hydrogen (secondary N) is 3. The number of nitro groups is 1. The van der Waals surface area contributed by atoms with Gasteiger partial charge in [-0.15, -0.1) is 0 Å². The van der Waals surface area contributed by atoms with E-state index in [1.54, 1.807) is 18.2 Å². The van der Waals surface area contributed by atoms with Crippen molar-refractivity contribution in [2.45, 2.75) is 19.3 Å². The zero-order valence-electron chi connectivity index (χ0n) is 12.4. The molecule has 8 nitrogen and oxygen atoms in total. The number of nitrogens with two attached hydrogens (primary N) is 1. The molecular formula is C15H17N5O3. The van der Waals surface area contributed by atoms with Crippen molar-refractivity contribution in [3.05, 3.63) is 52.6 Å². The van der Waals surface area contributed by atoms with E-state index in [9.17, 15) is 10.1 Å². The molecular weight excluding hydrogens is 298 g/mol. The third kappa shape index (κ3) is 3.61. The van der Waals surface area contributed by atoms with E-state index in [1.807, 2.05) is 19.1 Å². The summed E-state index contributed by atoms with van der Waals surface area (Å²) in [6, 6.07) is 11.6. The molecule has 2 atom stereocenters. The van der Waals surface area contributed by atoms with Crippen LogP contribution in [0.15, 0.2) is 42.5 Å². The molecule has 2 unspecified atom stereocenters. The van der Waals surface area contributed by atoms with Gasteiger partial charge in [0.05, 0.1) is 22.0 Å². The standard InChI is InChI=1S/C15H17N5O3/c1-9-15(23-9)17-14-8-10(16)2-7-13(14)19-18-11-3-5-12(6-4-11)20(21)22/h2-9,15,17-19H,16H2,1H3. The molecule has 3 rings (SSSR count). The van der Waals surface area contributed by atoms with E-state index in [0.717, 1.165) is 11.4 Å². The molecule has 0 saturated carbocycles. The molecule has 2 aromatic rings. The fraction of sp³-hybridized carbons (Fsp3) is 0.200. The monoisotopic (exact) mass is 315 g/mol. The van der Waals surface area contributed by atoms with Crippen LogP contribution in [0.4, 0.5) is 28.4 Å². The SMILES string of the molecule is CC1OC1Nc1cc(N)ccc1NNc1ccc([N+](=O)[O-])cc1. The molecule has 120 valence electrons. The number of hydrogen-bond acceptors (Lipinski definition) is 7. The Kier molecular flexibility index (Phi) is 3.90. The fourth-order valence-corrected chi connectivity index (χ4v) is 2.09. The third-order valence-electron chi connectivity index (χ3n) is 3.47. The molecule has 23 heavy (non-hydrogen) atoms. The summed E-state index contributed by atoms with van der Waals surface area (Å²) in [6.45, 7) is 1.98. The number of anilines is 4. The molecule has 1 heterocycles. The number of nitrogens with zero attached hydrogens (tertiary/aromatic N) is 1. The van der Waals surface area contributed by atoms with Gasteiger partial charge in [0.2, 0.25) is 0 Å². The van der Waals surface area contributed by atoms with Gasteiger partial charge in [0.1, 0.15) is 6.10 Å². The summed E-state index contributed by atoms with van der Waals surface area (Å²) >= 11 is 0. The highest BCUT2D eigenvalue weighted by Gasteiger charge is 2.34. The van der Waals surface area contributed by atoms with E-state index in [0.29, 0.717) is 11.4 Å². The molecule has 1 fully saturated rings. The van der Waals surface area contributed by atoms with E-state index >= 15 is 0 Å². The van der Waals surface area contributed by atoms with Crippen molar-refractivity contribution in [1.82, 2.24) is 0 Å². The molecule has 1 aliphatic heterocycles. The molecule has 0 aliphatic carbocycles. The average molecular weight is 315 g/mol. The maximum absolute atomic E-state index is 10.6. The molecule has 0 radical (unpaired) electrons. The summed E-state index contributed by atoms with van der Waals surface area (Å²) in [7, 11) is 0. The van der Waals surface area contributed by atoms with Crippen LogP contribution in [0.5, 0.6) is 0 Å². The lowest BCUT2D eigenvalue weighted by Crippen LogP contribution is -2.13. The molecule has 1 aliphatic rings. The first-order valence-corrected chi connectivity index (χ1v) is 7.11. The van der Waals surface area contributed by atoms with Crippen LogP contribution in [0.25, 0.3) is 0 Å². The number of hydrazine groups is 1. The van der Waals surface area contributed by atoms with Crippen LogP contribution in [0.3, 0.4) is 0 Å². The first-order valence-electron chi connectivity index (χ1n) is 7.11. The second-order valence-corrected chi connectivity index (χ2v) is 5.27. The lowest BCUT2D eigenvalue weighted by Gasteiger charge is -2.15. The van der Waals surface area contributed by atoms with Crippen LogP contribution >= 0.6 is 0 Å². The summed E-state index contributed by atoms with van der Waals surface area (Å²) in [5.74, 6) is 0. The van der Waals surface area contributed by atoms with Crippen molar-refractivity contribution < 1.29 is 9.66 Å². The van der Waals surface area contributed by atoms with Gasteiger partial charge in [-0.3, -0.25) is 15.5 Å². The highest BCUT2D eigenvalue weighted by atomic mass is 16.6. The minimum absolute atomic E-state index is 0.0169. The Bertz CT molecular complexity index is 720. The predicted molar refractivity (Wildman–Crippen MR) is 89.2 cm³/mol. The number of non-ortho nitro benzene ring substituents is 1. The topological polar surface area (TPSA) is 118 Å². The molecule has 2 aromatic carbocycles. The van der Waals surface area contributed by atoms with Crippen molar-refractivity contribution in [3.8, 4) is 0 Å². The van der Waals surface area contributed by atoms with Gasteiger partial charge in [0.25, 0.3) is 5.69 Å². The van der Waals surface area contributed by atoms with Gasteiger partial charge in [-0.25, -0.2) is 0 Å². The molecule has 0 bridgehead atoms. The van der Waals surface area contributed by atoms with Crippen molar-refractivity contribution in [3.63, 3.8) is 0 Å². The van der Waals surface area contributed by atoms with Gasteiger partial charge in [-0.05, 0) is 37.3 Å². The molecule has 0 aromatic heterocycles. The Morgan fingerprint density at radius 3 is 2.43 bits per heavy atom. The minimum Gasteiger partial charge on any atom is -0.399 e. The smallest absolute Gasteiger partial charge is 0.269 e. The molecule has 5 N–H and O–H groups in total. The Labute approximate surface area is 132 Å². The van der Waals surface area contributed by atoms with Gasteiger partial charge >= 0.3 is 0 Å². The highest BCUT2D eigenvalue weighted by Crippen LogP contribution is 2.30. The molecule has 8 heteroatoms.